The highest BCUT2D eigenvalue weighted by molar-refractivity contribution is 6.34. The minimum atomic E-state index is 0.502. The van der Waals surface area contributed by atoms with Crippen LogP contribution in [0.4, 0.5) is 0 Å². The van der Waals surface area contributed by atoms with Crippen LogP contribution in [0.1, 0.15) is 5.69 Å². The summed E-state index contributed by atoms with van der Waals surface area (Å²) in [5, 5.41) is 2.52. The molecule has 0 amide bonds. The van der Waals surface area contributed by atoms with Gasteiger partial charge in [0.15, 0.2) is 0 Å². The second kappa shape index (κ2) is 5.61. The number of nitrogens with zero attached hydrogens (tertiary/aromatic N) is 2. The molecule has 0 bridgehead atoms. The molecule has 0 aliphatic carbocycles. The smallest absolute Gasteiger partial charge is 0.137 e. The number of fused-ring (bicyclic) bond motifs is 1. The highest BCUT2D eigenvalue weighted by atomic mass is 35.5. The van der Waals surface area contributed by atoms with Gasteiger partial charge in [0, 0.05) is 24.2 Å². The Hall–Kier alpha value is -1.93. The van der Waals surface area contributed by atoms with Crippen LogP contribution in [-0.2, 0) is 0 Å². The van der Waals surface area contributed by atoms with Gasteiger partial charge in [-0.3, -0.25) is 4.99 Å². The lowest BCUT2D eigenvalue weighted by molar-refractivity contribution is 1.31. The SMILES string of the molecule is C=C/C=C(\C=N/C)c1cc2ccccc2c(Cl)n1. The van der Waals surface area contributed by atoms with Crippen molar-refractivity contribution in [3.8, 4) is 0 Å². The molecule has 0 radical (unpaired) electrons. The molecule has 0 aliphatic heterocycles. The lowest BCUT2D eigenvalue weighted by atomic mass is 10.1. The molecule has 0 N–H and O–H groups in total. The minimum Gasteiger partial charge on any atom is -0.296 e. The van der Waals surface area contributed by atoms with Gasteiger partial charge in [-0.05, 0) is 11.5 Å². The van der Waals surface area contributed by atoms with Crippen molar-refractivity contribution in [1.29, 1.82) is 0 Å². The molecule has 3 heteroatoms. The monoisotopic (exact) mass is 256 g/mol. The van der Waals surface area contributed by atoms with Gasteiger partial charge < -0.3 is 0 Å². The van der Waals surface area contributed by atoms with E-state index >= 15 is 0 Å². The fraction of sp³-hybridized carbons (Fsp3) is 0.0667. The van der Waals surface area contributed by atoms with E-state index in [1.807, 2.05) is 36.4 Å². The fourth-order valence-corrected chi connectivity index (χ4v) is 2.03. The summed E-state index contributed by atoms with van der Waals surface area (Å²) in [4.78, 5) is 8.41. The molecule has 0 fully saturated rings. The molecule has 0 unspecified atom stereocenters. The van der Waals surface area contributed by atoms with E-state index in [9.17, 15) is 0 Å². The molecule has 2 aromatic rings. The number of aromatic nitrogens is 1. The molecule has 0 saturated carbocycles. The Morgan fingerprint density at radius 2 is 2.17 bits per heavy atom. The minimum absolute atomic E-state index is 0.502. The standard InChI is InChI=1S/C15H13ClN2/c1-3-6-12(10-17-2)14-9-11-7-4-5-8-13(11)15(16)18-14/h3-10H,1H2,2H3/b12-6+,17-10-. The van der Waals surface area contributed by atoms with Gasteiger partial charge in [-0.25, -0.2) is 4.98 Å². The number of hydrogen-bond acceptors (Lipinski definition) is 2. The van der Waals surface area contributed by atoms with Crippen LogP contribution in [-0.4, -0.2) is 18.2 Å². The van der Waals surface area contributed by atoms with E-state index in [0.717, 1.165) is 22.0 Å². The summed E-state index contributed by atoms with van der Waals surface area (Å²) in [5.41, 5.74) is 1.68. The third kappa shape index (κ3) is 2.49. The Balaban J connectivity index is 2.65. The van der Waals surface area contributed by atoms with Crippen LogP contribution in [0.25, 0.3) is 16.3 Å². The molecule has 0 saturated heterocycles. The topological polar surface area (TPSA) is 25.2 Å². The van der Waals surface area contributed by atoms with Crippen molar-refractivity contribution >= 4 is 34.2 Å². The maximum atomic E-state index is 6.20. The second-order valence-electron chi connectivity index (χ2n) is 3.76. The molecule has 0 atom stereocenters. The molecule has 1 aromatic carbocycles. The highest BCUT2D eigenvalue weighted by Crippen LogP contribution is 2.24. The Kier molecular flexibility index (Phi) is 3.90. The van der Waals surface area contributed by atoms with Crippen molar-refractivity contribution in [2.75, 3.05) is 7.05 Å². The van der Waals surface area contributed by atoms with Crippen molar-refractivity contribution in [2.24, 2.45) is 4.99 Å². The van der Waals surface area contributed by atoms with E-state index in [1.54, 1.807) is 19.3 Å². The lowest BCUT2D eigenvalue weighted by Gasteiger charge is -2.05. The third-order valence-corrected chi connectivity index (χ3v) is 2.84. The van der Waals surface area contributed by atoms with Crippen molar-refractivity contribution in [2.45, 2.75) is 0 Å². The molecule has 1 aromatic heterocycles. The summed E-state index contributed by atoms with van der Waals surface area (Å²) >= 11 is 6.20. The van der Waals surface area contributed by atoms with Crippen LogP contribution in [0, 0.1) is 0 Å². The fourth-order valence-electron chi connectivity index (χ4n) is 1.76. The largest absolute Gasteiger partial charge is 0.296 e. The van der Waals surface area contributed by atoms with Gasteiger partial charge in [0.2, 0.25) is 0 Å². The van der Waals surface area contributed by atoms with Crippen molar-refractivity contribution in [3.05, 3.63) is 59.9 Å². The number of benzene rings is 1. The maximum Gasteiger partial charge on any atom is 0.137 e. The molecule has 0 aliphatic rings. The van der Waals surface area contributed by atoms with Crippen LogP contribution in [0.2, 0.25) is 5.15 Å². The van der Waals surface area contributed by atoms with Gasteiger partial charge in [-0.1, -0.05) is 54.6 Å². The number of pyridine rings is 1. The molecule has 90 valence electrons. The lowest BCUT2D eigenvalue weighted by Crippen LogP contribution is -1.92. The quantitative estimate of drug-likeness (QED) is 0.460. The van der Waals surface area contributed by atoms with E-state index in [4.69, 9.17) is 11.6 Å². The first kappa shape index (κ1) is 12.5. The van der Waals surface area contributed by atoms with E-state index < -0.39 is 0 Å². The first-order valence-electron chi connectivity index (χ1n) is 5.57. The Morgan fingerprint density at radius 1 is 1.39 bits per heavy atom. The van der Waals surface area contributed by atoms with Crippen LogP contribution in [0.5, 0.6) is 0 Å². The summed E-state index contributed by atoms with van der Waals surface area (Å²) < 4.78 is 0. The van der Waals surface area contributed by atoms with Crippen molar-refractivity contribution in [3.63, 3.8) is 0 Å². The van der Waals surface area contributed by atoms with Crippen LogP contribution in [0.3, 0.4) is 0 Å². The van der Waals surface area contributed by atoms with Crippen LogP contribution < -0.4 is 0 Å². The average molecular weight is 257 g/mol. The average Bonchev–Trinajstić information content (AvgIpc) is 2.38. The van der Waals surface area contributed by atoms with Gasteiger partial charge in [-0.2, -0.15) is 0 Å². The number of halogens is 1. The summed E-state index contributed by atoms with van der Waals surface area (Å²) in [6.45, 7) is 3.69. The van der Waals surface area contributed by atoms with Crippen molar-refractivity contribution in [1.82, 2.24) is 4.98 Å². The summed E-state index contributed by atoms with van der Waals surface area (Å²) in [6, 6.07) is 9.90. The first-order valence-corrected chi connectivity index (χ1v) is 5.94. The zero-order chi connectivity index (χ0) is 13.0. The first-order chi connectivity index (χ1) is 8.76. The molecule has 1 heterocycles. The maximum absolute atomic E-state index is 6.20. The molecule has 0 spiro atoms. The van der Waals surface area contributed by atoms with Gasteiger partial charge in [0.25, 0.3) is 0 Å². The second-order valence-corrected chi connectivity index (χ2v) is 4.12. The predicted molar refractivity (Wildman–Crippen MR) is 79.3 cm³/mol. The predicted octanol–water partition coefficient (Wildman–Crippen LogP) is 4.16. The Labute approximate surface area is 111 Å². The van der Waals surface area contributed by atoms with Gasteiger partial charge >= 0.3 is 0 Å². The van der Waals surface area contributed by atoms with Crippen molar-refractivity contribution < 1.29 is 0 Å². The Bertz CT molecular complexity index is 642. The number of allylic oxidation sites excluding steroid dienone is 3. The zero-order valence-corrected chi connectivity index (χ0v) is 10.9. The van der Waals surface area contributed by atoms with Gasteiger partial charge in [0.1, 0.15) is 5.15 Å². The third-order valence-electron chi connectivity index (χ3n) is 2.56. The summed E-state index contributed by atoms with van der Waals surface area (Å²) in [7, 11) is 1.72. The van der Waals surface area contributed by atoms with Crippen LogP contribution >= 0.6 is 11.6 Å². The van der Waals surface area contributed by atoms with E-state index in [1.165, 1.54) is 0 Å². The summed E-state index contributed by atoms with van der Waals surface area (Å²) in [6.07, 6.45) is 5.32. The number of rotatable bonds is 3. The van der Waals surface area contributed by atoms with Gasteiger partial charge in [-0.15, -0.1) is 0 Å². The van der Waals surface area contributed by atoms with E-state index in [2.05, 4.69) is 16.6 Å². The van der Waals surface area contributed by atoms with E-state index in [0.29, 0.717) is 5.15 Å². The number of aliphatic imine (C=N–C) groups is 1. The Morgan fingerprint density at radius 3 is 2.89 bits per heavy atom. The molecule has 18 heavy (non-hydrogen) atoms. The van der Waals surface area contributed by atoms with Crippen LogP contribution in [0.15, 0.2) is 54.1 Å². The molecular weight excluding hydrogens is 244 g/mol. The molecule has 2 rings (SSSR count). The summed E-state index contributed by atoms with van der Waals surface area (Å²) in [5.74, 6) is 0. The van der Waals surface area contributed by atoms with E-state index in [-0.39, 0.29) is 0 Å². The highest BCUT2D eigenvalue weighted by Gasteiger charge is 2.06. The molecular formula is C15H13ClN2. The van der Waals surface area contributed by atoms with Gasteiger partial charge in [0.05, 0.1) is 5.69 Å². The molecule has 2 nitrogen and oxygen atoms in total. The normalized spacial score (nSPS) is 12.2. The zero-order valence-electron chi connectivity index (χ0n) is 10.1. The number of hydrogen-bond donors (Lipinski definition) is 0.